The van der Waals surface area contributed by atoms with Crippen LogP contribution in [0.3, 0.4) is 0 Å². The van der Waals surface area contributed by atoms with Gasteiger partial charge in [-0.3, -0.25) is 0 Å². The zero-order valence-corrected chi connectivity index (χ0v) is 13.2. The van der Waals surface area contributed by atoms with Gasteiger partial charge in [-0.15, -0.1) is 5.10 Å². The predicted octanol–water partition coefficient (Wildman–Crippen LogP) is 2.68. The molecule has 4 heteroatoms. The number of hydrogen-bond acceptors (Lipinski definition) is 4. The van der Waals surface area contributed by atoms with Crippen LogP contribution in [-0.2, 0) is 19.4 Å². The van der Waals surface area contributed by atoms with Crippen molar-refractivity contribution in [2.24, 2.45) is 5.73 Å². The molecule has 0 radical (unpaired) electrons. The number of aryl methyl sites for hydroxylation is 1. The van der Waals surface area contributed by atoms with E-state index < -0.39 is 0 Å². The fourth-order valence-electron chi connectivity index (χ4n) is 2.25. The van der Waals surface area contributed by atoms with Crippen molar-refractivity contribution in [1.82, 2.24) is 10.2 Å². The van der Waals surface area contributed by atoms with Gasteiger partial charge in [0.25, 0.3) is 0 Å². The van der Waals surface area contributed by atoms with Crippen molar-refractivity contribution in [3.05, 3.63) is 16.8 Å². The van der Waals surface area contributed by atoms with E-state index in [1.807, 2.05) is 0 Å². The van der Waals surface area contributed by atoms with Crippen LogP contribution in [-0.4, -0.2) is 22.8 Å². The van der Waals surface area contributed by atoms with Crippen molar-refractivity contribution >= 4 is 5.82 Å². The molecule has 0 bridgehead atoms. The Morgan fingerprint density at radius 3 is 2.11 bits per heavy atom. The molecule has 0 aliphatic heterocycles. The summed E-state index contributed by atoms with van der Waals surface area (Å²) in [7, 11) is 2.08. The number of nitrogens with zero attached hydrogens (tertiary/aromatic N) is 3. The third-order valence-electron chi connectivity index (χ3n) is 4.23. The first-order valence-corrected chi connectivity index (χ1v) is 7.24. The topological polar surface area (TPSA) is 55.0 Å². The van der Waals surface area contributed by atoms with E-state index in [0.29, 0.717) is 6.54 Å². The third kappa shape index (κ3) is 3.06. The highest BCUT2D eigenvalue weighted by Crippen LogP contribution is 2.28. The number of nitrogens with two attached hydrogens (primary N) is 1. The Kier molecular flexibility index (Phi) is 5.29. The Labute approximate surface area is 117 Å². The molecule has 0 aromatic carbocycles. The highest BCUT2D eigenvalue weighted by atomic mass is 15.3. The minimum atomic E-state index is 0.0529. The normalized spacial score (nSPS) is 11.7. The molecule has 0 atom stereocenters. The van der Waals surface area contributed by atoms with E-state index in [0.717, 1.165) is 36.3 Å². The molecule has 0 unspecified atom stereocenters. The number of anilines is 1. The van der Waals surface area contributed by atoms with Crippen LogP contribution in [0, 0.1) is 0 Å². The van der Waals surface area contributed by atoms with Crippen LogP contribution in [0.15, 0.2) is 0 Å². The first-order valence-electron chi connectivity index (χ1n) is 7.24. The molecule has 0 amide bonds. The monoisotopic (exact) mass is 264 g/mol. The summed E-state index contributed by atoms with van der Waals surface area (Å²) >= 11 is 0. The fourth-order valence-corrected chi connectivity index (χ4v) is 2.25. The van der Waals surface area contributed by atoms with Crippen molar-refractivity contribution < 1.29 is 0 Å². The summed E-state index contributed by atoms with van der Waals surface area (Å²) < 4.78 is 0. The molecule has 19 heavy (non-hydrogen) atoms. The maximum atomic E-state index is 5.98. The van der Waals surface area contributed by atoms with Crippen molar-refractivity contribution in [1.29, 1.82) is 0 Å². The molecule has 0 saturated heterocycles. The van der Waals surface area contributed by atoms with E-state index in [2.05, 4.69) is 56.8 Å². The van der Waals surface area contributed by atoms with E-state index in [1.165, 1.54) is 5.56 Å². The van der Waals surface area contributed by atoms with Crippen LogP contribution >= 0.6 is 0 Å². The quantitative estimate of drug-likeness (QED) is 0.858. The predicted molar refractivity (Wildman–Crippen MR) is 81.5 cm³/mol. The molecule has 108 valence electrons. The lowest BCUT2D eigenvalue weighted by molar-refractivity contribution is 0.464. The number of hydrogen-bond donors (Lipinski definition) is 1. The molecule has 1 rings (SSSR count). The molecule has 0 aliphatic rings. The van der Waals surface area contributed by atoms with E-state index >= 15 is 0 Å². The van der Waals surface area contributed by atoms with Gasteiger partial charge in [-0.05, 0) is 38.7 Å². The minimum absolute atomic E-state index is 0.0529. The smallest absolute Gasteiger partial charge is 0.156 e. The summed E-state index contributed by atoms with van der Waals surface area (Å²) in [6.07, 6.45) is 2.91. The molecule has 1 heterocycles. The number of rotatable bonds is 6. The third-order valence-corrected chi connectivity index (χ3v) is 4.23. The molecule has 1 aromatic heterocycles. The summed E-state index contributed by atoms with van der Waals surface area (Å²) in [5.41, 5.74) is 9.53. The van der Waals surface area contributed by atoms with Gasteiger partial charge in [0, 0.05) is 24.7 Å². The van der Waals surface area contributed by atoms with Crippen LogP contribution in [0.5, 0.6) is 0 Å². The summed E-state index contributed by atoms with van der Waals surface area (Å²) in [6.45, 7) is 11.4. The van der Waals surface area contributed by atoms with Gasteiger partial charge in [0.2, 0.25) is 0 Å². The summed E-state index contributed by atoms with van der Waals surface area (Å²) in [5, 5.41) is 8.84. The standard InChI is InChI=1S/C15H28N4/c1-7-11-12(10-16)14(18-17-13(11)8-2)19(6)15(4,5)9-3/h7-10,16H2,1-6H3. The average molecular weight is 264 g/mol. The Morgan fingerprint density at radius 2 is 1.68 bits per heavy atom. The molecule has 1 aromatic rings. The highest BCUT2D eigenvalue weighted by molar-refractivity contribution is 5.52. The Balaban J connectivity index is 3.36. The molecular weight excluding hydrogens is 236 g/mol. The molecule has 0 spiro atoms. The van der Waals surface area contributed by atoms with Crippen LogP contribution in [0.25, 0.3) is 0 Å². The second-order valence-corrected chi connectivity index (χ2v) is 5.56. The Morgan fingerprint density at radius 1 is 1.05 bits per heavy atom. The number of aromatic nitrogens is 2. The first kappa shape index (κ1) is 15.9. The van der Waals surface area contributed by atoms with Gasteiger partial charge < -0.3 is 10.6 Å². The van der Waals surface area contributed by atoms with Gasteiger partial charge in [0.05, 0.1) is 5.69 Å². The molecule has 0 saturated carbocycles. The van der Waals surface area contributed by atoms with Crippen molar-refractivity contribution in [3.63, 3.8) is 0 Å². The second-order valence-electron chi connectivity index (χ2n) is 5.56. The zero-order chi connectivity index (χ0) is 14.6. The molecule has 4 nitrogen and oxygen atoms in total. The first-order chi connectivity index (χ1) is 8.92. The van der Waals surface area contributed by atoms with Crippen molar-refractivity contribution in [3.8, 4) is 0 Å². The fraction of sp³-hybridized carbons (Fsp3) is 0.733. The van der Waals surface area contributed by atoms with Gasteiger partial charge in [0.15, 0.2) is 5.82 Å². The lowest BCUT2D eigenvalue weighted by Gasteiger charge is -2.37. The van der Waals surface area contributed by atoms with Crippen LogP contribution in [0.1, 0.15) is 57.9 Å². The Bertz CT molecular complexity index is 426. The van der Waals surface area contributed by atoms with Crippen LogP contribution in [0.2, 0.25) is 0 Å². The maximum Gasteiger partial charge on any atom is 0.156 e. The van der Waals surface area contributed by atoms with Gasteiger partial charge >= 0.3 is 0 Å². The molecule has 0 aliphatic carbocycles. The summed E-state index contributed by atoms with van der Waals surface area (Å²) in [6, 6.07) is 0. The molecule has 0 fully saturated rings. The Hall–Kier alpha value is -1.16. The van der Waals surface area contributed by atoms with Crippen molar-refractivity contribution in [2.45, 2.75) is 66.0 Å². The van der Waals surface area contributed by atoms with Gasteiger partial charge in [-0.25, -0.2) is 0 Å². The van der Waals surface area contributed by atoms with Gasteiger partial charge in [-0.2, -0.15) is 5.10 Å². The summed E-state index contributed by atoms with van der Waals surface area (Å²) in [4.78, 5) is 2.21. The van der Waals surface area contributed by atoms with Gasteiger partial charge in [-0.1, -0.05) is 20.8 Å². The SMILES string of the molecule is CCc1nnc(N(C)C(C)(C)CC)c(CN)c1CC. The largest absolute Gasteiger partial charge is 0.353 e. The maximum absolute atomic E-state index is 5.98. The van der Waals surface area contributed by atoms with Crippen LogP contribution < -0.4 is 10.6 Å². The van der Waals surface area contributed by atoms with Gasteiger partial charge in [0.1, 0.15) is 0 Å². The van der Waals surface area contributed by atoms with E-state index in [9.17, 15) is 0 Å². The molecule has 2 N–H and O–H groups in total. The van der Waals surface area contributed by atoms with E-state index in [4.69, 9.17) is 5.73 Å². The zero-order valence-electron chi connectivity index (χ0n) is 13.2. The van der Waals surface area contributed by atoms with Crippen molar-refractivity contribution in [2.75, 3.05) is 11.9 Å². The lowest BCUT2D eigenvalue weighted by Crippen LogP contribution is -2.42. The second kappa shape index (κ2) is 6.33. The van der Waals surface area contributed by atoms with E-state index in [1.54, 1.807) is 0 Å². The minimum Gasteiger partial charge on any atom is -0.353 e. The highest BCUT2D eigenvalue weighted by Gasteiger charge is 2.26. The van der Waals surface area contributed by atoms with E-state index in [-0.39, 0.29) is 5.54 Å². The average Bonchev–Trinajstić information content (AvgIpc) is 2.44. The molecular formula is C15H28N4. The lowest BCUT2D eigenvalue weighted by atomic mass is 9.97. The summed E-state index contributed by atoms with van der Waals surface area (Å²) in [5.74, 6) is 0.934. The van der Waals surface area contributed by atoms with Crippen LogP contribution in [0.4, 0.5) is 5.82 Å².